The second-order valence-electron chi connectivity index (χ2n) is 18.1. The van der Waals surface area contributed by atoms with E-state index in [-0.39, 0.29) is 12.8 Å². The first-order valence-electron chi connectivity index (χ1n) is 23.3. The molecule has 1 unspecified atom stereocenters. The number of amides is 7. The molecule has 0 spiro atoms. The first-order valence-corrected chi connectivity index (χ1v) is 24.5. The second-order valence-corrected chi connectivity index (χ2v) is 18.8. The summed E-state index contributed by atoms with van der Waals surface area (Å²) in [4.78, 5) is 152. The molecule has 0 bridgehead atoms. The van der Waals surface area contributed by atoms with Crippen molar-refractivity contribution in [1.82, 2.24) is 36.0 Å². The van der Waals surface area contributed by atoms with Gasteiger partial charge in [-0.1, -0.05) is 71.5 Å². The summed E-state index contributed by atoms with van der Waals surface area (Å²) in [7, 11) is 1.10. The van der Waals surface area contributed by atoms with E-state index in [1.165, 1.54) is 69.7 Å². The lowest BCUT2D eigenvalue weighted by Gasteiger charge is -2.38. The van der Waals surface area contributed by atoms with Crippen LogP contribution in [0.5, 0.6) is 0 Å². The fourth-order valence-electron chi connectivity index (χ4n) is 7.40. The van der Waals surface area contributed by atoms with Gasteiger partial charge < -0.3 is 64.3 Å². The van der Waals surface area contributed by atoms with Crippen molar-refractivity contribution >= 4 is 67.5 Å². The minimum absolute atomic E-state index is 0.132. The van der Waals surface area contributed by atoms with Gasteiger partial charge >= 0.3 is 26.2 Å². The normalized spacial score (nSPS) is 24.9. The Balaban J connectivity index is 2.98. The second kappa shape index (κ2) is 28.1. The van der Waals surface area contributed by atoms with Gasteiger partial charge in [0, 0.05) is 48.0 Å². The van der Waals surface area contributed by atoms with E-state index in [0.717, 1.165) is 28.7 Å². The molecule has 0 radical (unpaired) electrons. The number of esters is 3. The smallest absolute Gasteiger partial charge is 0.333 e. The molecular formula is C47H72N7O17P. The molecule has 7 amide bonds. The van der Waals surface area contributed by atoms with Crippen molar-refractivity contribution in [2.45, 2.75) is 149 Å². The van der Waals surface area contributed by atoms with Gasteiger partial charge in [0.25, 0.3) is 11.8 Å². The molecule has 2 rings (SSSR count). The van der Waals surface area contributed by atoms with Gasteiger partial charge in [0.05, 0.1) is 12.2 Å². The molecule has 0 aliphatic carbocycles. The van der Waals surface area contributed by atoms with E-state index in [2.05, 4.69) is 27.8 Å². The summed E-state index contributed by atoms with van der Waals surface area (Å²) >= 11 is 0. The Hall–Kier alpha value is -6.23. The minimum Gasteiger partial charge on any atom is -0.458 e. The standard InChI is InChI=1S/C47H72N7O17P/c1-16-33(56)50-34(28(9)71-72(65)66)45(62)69-38(23(2)3)35-44(61)54(14)37(29(10)67-15)47(64)70-39(24(4)5)36(49-30(11)55)46(63)68-32(22-31-20-18-17-19-21-31)43(60)53(13)26(7)40(57)48-25(6)42(59)52(12)27(8)41(58)51-35/h17-21,23-25,27-29,32,34-39,72H,7,16,22H2,1-6,8-15H3,(H,48,57)(H,49,55)(H,50,56)(H,51,58)(H,65,66)/t25-,27-,28+,29+,32+,34-,35-,36-,37-,38+,39+/m0/s1. The lowest BCUT2D eigenvalue weighted by molar-refractivity contribution is -0.176. The molecule has 1 fully saturated rings. The van der Waals surface area contributed by atoms with Gasteiger partial charge in [-0.25, -0.2) is 14.4 Å². The maximum atomic E-state index is 15.1. The molecule has 25 heteroatoms. The summed E-state index contributed by atoms with van der Waals surface area (Å²) in [6.45, 7) is 17.6. The average molecular weight is 1040 g/mol. The number of likely N-dealkylation sites (N-methyl/N-ethyl adjacent to an activating group) is 3. The van der Waals surface area contributed by atoms with Gasteiger partial charge in [-0.15, -0.1) is 0 Å². The van der Waals surface area contributed by atoms with E-state index in [1.807, 2.05) is 0 Å². The highest BCUT2D eigenvalue weighted by Crippen LogP contribution is 2.25. The number of hydrogen-bond donors (Lipinski definition) is 5. The third-order valence-corrected chi connectivity index (χ3v) is 12.5. The van der Waals surface area contributed by atoms with Crippen molar-refractivity contribution in [3.63, 3.8) is 0 Å². The third kappa shape index (κ3) is 16.9. The highest BCUT2D eigenvalue weighted by molar-refractivity contribution is 7.32. The zero-order chi connectivity index (χ0) is 55.1. The molecule has 12 atom stereocenters. The number of nitrogens with zero attached hydrogens (tertiary/aromatic N) is 3. The molecule has 0 aromatic heterocycles. The van der Waals surface area contributed by atoms with Crippen LogP contribution in [0, 0.1) is 11.8 Å². The van der Waals surface area contributed by atoms with E-state index in [4.69, 9.17) is 23.5 Å². The number of methoxy groups -OCH3 is 1. The highest BCUT2D eigenvalue weighted by atomic mass is 31.1. The summed E-state index contributed by atoms with van der Waals surface area (Å²) in [5.41, 5.74) is 0.0265. The zero-order valence-electron chi connectivity index (χ0n) is 43.3. The Kier molecular flexibility index (Phi) is 24.2. The van der Waals surface area contributed by atoms with Gasteiger partial charge in [0.15, 0.2) is 24.2 Å². The molecular weight excluding hydrogens is 966 g/mol. The van der Waals surface area contributed by atoms with Crippen LogP contribution in [0.4, 0.5) is 0 Å². The van der Waals surface area contributed by atoms with Crippen LogP contribution < -0.4 is 21.3 Å². The van der Waals surface area contributed by atoms with Crippen molar-refractivity contribution in [3.05, 3.63) is 48.2 Å². The Bertz CT molecular complexity index is 2180. The summed E-state index contributed by atoms with van der Waals surface area (Å²) in [5.74, 6) is -11.7. The van der Waals surface area contributed by atoms with E-state index in [1.54, 1.807) is 44.2 Å². The predicted octanol–water partition coefficient (Wildman–Crippen LogP) is 0.147. The lowest BCUT2D eigenvalue weighted by atomic mass is 9.96. The molecule has 1 aliphatic rings. The van der Waals surface area contributed by atoms with E-state index >= 15 is 4.79 Å². The number of rotatable bonds is 15. The summed E-state index contributed by atoms with van der Waals surface area (Å²) in [5, 5.41) is 9.80. The minimum atomic E-state index is -3.68. The number of benzene rings is 1. The van der Waals surface area contributed by atoms with E-state index in [0.29, 0.717) is 5.56 Å². The molecule has 72 heavy (non-hydrogen) atoms. The van der Waals surface area contributed by atoms with Crippen LogP contribution in [0.1, 0.15) is 81.2 Å². The van der Waals surface area contributed by atoms with E-state index in [9.17, 15) is 52.6 Å². The Morgan fingerprint density at radius 3 is 1.99 bits per heavy atom. The quantitative estimate of drug-likeness (QED) is 0.0676. The number of carbonyl (C=O) groups excluding carboxylic acids is 10. The van der Waals surface area contributed by atoms with Crippen molar-refractivity contribution in [1.29, 1.82) is 0 Å². The first kappa shape index (κ1) is 61.9. The molecule has 1 saturated heterocycles. The number of nitrogens with one attached hydrogen (secondary N) is 4. The molecule has 402 valence electrons. The molecule has 24 nitrogen and oxygen atoms in total. The van der Waals surface area contributed by atoms with Gasteiger partial charge in [-0.05, 0) is 45.1 Å². The lowest BCUT2D eigenvalue weighted by Crippen LogP contribution is -2.64. The fraction of sp³-hybridized carbons (Fsp3) is 0.617. The highest BCUT2D eigenvalue weighted by Gasteiger charge is 2.47. The first-order chi connectivity index (χ1) is 33.5. The van der Waals surface area contributed by atoms with Crippen LogP contribution >= 0.6 is 8.25 Å². The Labute approximate surface area is 420 Å². The number of carbonyl (C=O) groups is 10. The monoisotopic (exact) mass is 1040 g/mol. The van der Waals surface area contributed by atoms with Crippen LogP contribution in [-0.2, 0) is 82.4 Å². The van der Waals surface area contributed by atoms with Crippen molar-refractivity contribution < 1.29 is 80.9 Å². The van der Waals surface area contributed by atoms with Crippen molar-refractivity contribution in [3.8, 4) is 0 Å². The number of cyclic esters (lactones) is 2. The van der Waals surface area contributed by atoms with Crippen molar-refractivity contribution in [2.75, 3.05) is 28.3 Å². The molecule has 1 aliphatic heterocycles. The molecule has 0 saturated carbocycles. The zero-order valence-corrected chi connectivity index (χ0v) is 44.3. The Morgan fingerprint density at radius 1 is 0.875 bits per heavy atom. The van der Waals surface area contributed by atoms with Crippen molar-refractivity contribution in [2.24, 2.45) is 11.8 Å². The van der Waals surface area contributed by atoms with Crippen LogP contribution in [0.2, 0.25) is 0 Å². The number of ether oxygens (including phenoxy) is 4. The van der Waals surface area contributed by atoms with Crippen LogP contribution in [-0.4, -0.2) is 174 Å². The van der Waals surface area contributed by atoms with E-state index < -0.39 is 152 Å². The van der Waals surface area contributed by atoms with Crippen LogP contribution in [0.15, 0.2) is 42.6 Å². The van der Waals surface area contributed by atoms with Crippen LogP contribution in [0.25, 0.3) is 0 Å². The van der Waals surface area contributed by atoms with Gasteiger partial charge in [0.2, 0.25) is 29.5 Å². The predicted molar refractivity (Wildman–Crippen MR) is 258 cm³/mol. The largest absolute Gasteiger partial charge is 0.458 e. The summed E-state index contributed by atoms with van der Waals surface area (Å²) in [6, 6.07) is -1.65. The maximum absolute atomic E-state index is 15.1. The molecule has 1 aromatic rings. The summed E-state index contributed by atoms with van der Waals surface area (Å²) < 4.78 is 40.0. The fourth-order valence-corrected chi connectivity index (χ4v) is 7.85. The molecule has 1 aromatic carbocycles. The van der Waals surface area contributed by atoms with Gasteiger partial charge in [-0.2, -0.15) is 0 Å². The molecule has 5 N–H and O–H groups in total. The van der Waals surface area contributed by atoms with Gasteiger partial charge in [-0.3, -0.25) is 38.1 Å². The Morgan fingerprint density at radius 2 is 1.47 bits per heavy atom. The SMILES string of the molecule is C=C1C(=O)N[C@@H](C)C(=O)N(C)[C@@H](C)C(=O)N[C@@H]([C@H](OC(=O)[C@@H](NC(=O)CC)[C@@H](C)O[PH](=O)O)C(C)C)C(=O)N(C)[C@@H]([C@@H](C)OC)C(=O)O[C@H](C(C)C)[C@H](NC(C)=O)C(=O)O[C@H](Cc2ccccc2)C(=O)N1C. The maximum Gasteiger partial charge on any atom is 0.333 e. The van der Waals surface area contributed by atoms with Gasteiger partial charge in [0.1, 0.15) is 36.0 Å². The number of hydrogen-bond acceptors (Lipinski definition) is 16. The summed E-state index contributed by atoms with van der Waals surface area (Å²) in [6.07, 6.45) is -7.99. The molecule has 1 heterocycles. The average Bonchev–Trinajstić information content (AvgIpc) is 3.32. The topological polar surface area (TPSA) is 312 Å². The third-order valence-electron chi connectivity index (χ3n) is 11.9. The van der Waals surface area contributed by atoms with Crippen LogP contribution in [0.3, 0.4) is 0 Å².